The molecule has 0 heterocycles. The Hall–Kier alpha value is -1.09. The normalized spacial score (nSPS) is 11.2. The first kappa shape index (κ1) is 11.0. The molecule has 0 saturated heterocycles. The summed E-state index contributed by atoms with van der Waals surface area (Å²) in [5.41, 5.74) is 1.62. The molecule has 2 nitrogen and oxygen atoms in total. The molecule has 74 valence electrons. The second kappa shape index (κ2) is 4.96. The number of allylic oxidation sites excluding steroid dienone is 1. The second-order valence-corrected chi connectivity index (χ2v) is 3.75. The molecule has 1 rings (SSSR count). The molecule has 0 unspecified atom stereocenters. The Bertz CT molecular complexity index is 370. The summed E-state index contributed by atoms with van der Waals surface area (Å²) in [5.74, 6) is 0.776. The van der Waals surface area contributed by atoms with E-state index in [1.165, 1.54) is 0 Å². The van der Waals surface area contributed by atoms with Gasteiger partial charge < -0.3 is 4.74 Å². The van der Waals surface area contributed by atoms with Crippen molar-refractivity contribution >= 4 is 28.3 Å². The van der Waals surface area contributed by atoms with Gasteiger partial charge in [-0.3, -0.25) is 4.79 Å². The van der Waals surface area contributed by atoms with Crippen molar-refractivity contribution in [2.75, 3.05) is 7.11 Å². The van der Waals surface area contributed by atoms with E-state index < -0.39 is 0 Å². The van der Waals surface area contributed by atoms with Crippen LogP contribution < -0.4 is 4.74 Å². The number of aldehydes is 1. The monoisotopic (exact) mass is 254 g/mol. The Labute approximate surface area is 91.7 Å². The minimum atomic E-state index is 0.680. The number of hydrogen-bond donors (Lipinski definition) is 0. The summed E-state index contributed by atoms with van der Waals surface area (Å²) >= 11 is 3.40. The van der Waals surface area contributed by atoms with Crippen LogP contribution >= 0.6 is 15.9 Å². The molecule has 0 aliphatic heterocycles. The number of methoxy groups -OCH3 is 1. The molecule has 0 saturated carbocycles. The highest BCUT2D eigenvalue weighted by Crippen LogP contribution is 2.24. The van der Waals surface area contributed by atoms with Crippen LogP contribution in [0.3, 0.4) is 0 Å². The van der Waals surface area contributed by atoms with Crippen molar-refractivity contribution in [3.05, 3.63) is 33.8 Å². The molecule has 14 heavy (non-hydrogen) atoms. The molecule has 0 aliphatic carbocycles. The molecule has 0 N–H and O–H groups in total. The number of ether oxygens (including phenoxy) is 1. The van der Waals surface area contributed by atoms with Gasteiger partial charge in [-0.1, -0.05) is 15.9 Å². The zero-order chi connectivity index (χ0) is 10.6. The summed E-state index contributed by atoms with van der Waals surface area (Å²) in [4.78, 5) is 10.5. The van der Waals surface area contributed by atoms with E-state index in [9.17, 15) is 4.79 Å². The van der Waals surface area contributed by atoms with Gasteiger partial charge in [0.05, 0.1) is 7.11 Å². The molecule has 1 aromatic rings. The summed E-state index contributed by atoms with van der Waals surface area (Å²) in [7, 11) is 1.61. The Morgan fingerprint density at radius 3 is 2.79 bits per heavy atom. The third-order valence-corrected chi connectivity index (χ3v) is 2.49. The minimum Gasteiger partial charge on any atom is -0.497 e. The van der Waals surface area contributed by atoms with Crippen LogP contribution in [-0.2, 0) is 4.79 Å². The lowest BCUT2D eigenvalue weighted by Crippen LogP contribution is -1.85. The maximum Gasteiger partial charge on any atom is 0.145 e. The van der Waals surface area contributed by atoms with Crippen LogP contribution in [0, 0.1) is 0 Å². The lowest BCUT2D eigenvalue weighted by atomic mass is 10.1. The molecular formula is C11H11BrO2. The highest BCUT2D eigenvalue weighted by Gasteiger charge is 1.99. The zero-order valence-electron chi connectivity index (χ0n) is 8.08. The summed E-state index contributed by atoms with van der Waals surface area (Å²) in [6.45, 7) is 1.76. The Morgan fingerprint density at radius 1 is 1.50 bits per heavy atom. The van der Waals surface area contributed by atoms with Crippen LogP contribution in [0.15, 0.2) is 28.2 Å². The maximum absolute atomic E-state index is 10.5. The van der Waals surface area contributed by atoms with E-state index in [0.717, 1.165) is 22.1 Å². The first-order valence-electron chi connectivity index (χ1n) is 4.14. The van der Waals surface area contributed by atoms with Crippen molar-refractivity contribution in [2.45, 2.75) is 6.92 Å². The zero-order valence-corrected chi connectivity index (χ0v) is 9.67. The number of carbonyl (C=O) groups excluding carboxylic acids is 1. The molecule has 0 fully saturated rings. The summed E-state index contributed by atoms with van der Waals surface area (Å²) in [6.07, 6.45) is 2.63. The molecule has 0 aromatic heterocycles. The van der Waals surface area contributed by atoms with Gasteiger partial charge >= 0.3 is 0 Å². The molecule has 0 amide bonds. The van der Waals surface area contributed by atoms with E-state index in [2.05, 4.69) is 15.9 Å². The lowest BCUT2D eigenvalue weighted by molar-refractivity contribution is -0.104. The minimum absolute atomic E-state index is 0.680. The predicted molar refractivity (Wildman–Crippen MR) is 60.4 cm³/mol. The molecule has 3 heteroatoms. The first-order valence-corrected chi connectivity index (χ1v) is 4.93. The van der Waals surface area contributed by atoms with Crippen molar-refractivity contribution in [3.8, 4) is 5.75 Å². The van der Waals surface area contributed by atoms with E-state index >= 15 is 0 Å². The fourth-order valence-electron chi connectivity index (χ4n) is 1.04. The van der Waals surface area contributed by atoms with Crippen LogP contribution in [0.1, 0.15) is 12.5 Å². The van der Waals surface area contributed by atoms with Crippen molar-refractivity contribution in [1.82, 2.24) is 0 Å². The van der Waals surface area contributed by atoms with Gasteiger partial charge in [0, 0.05) is 4.47 Å². The molecular weight excluding hydrogens is 244 g/mol. The lowest BCUT2D eigenvalue weighted by Gasteiger charge is -2.03. The largest absolute Gasteiger partial charge is 0.497 e. The summed E-state index contributed by atoms with van der Waals surface area (Å²) < 4.78 is 6.03. The highest BCUT2D eigenvalue weighted by atomic mass is 79.9. The third kappa shape index (κ3) is 2.70. The Morgan fingerprint density at radius 2 is 2.21 bits per heavy atom. The summed E-state index contributed by atoms with van der Waals surface area (Å²) in [6, 6.07) is 5.62. The predicted octanol–water partition coefficient (Wildman–Crippen LogP) is 3.06. The van der Waals surface area contributed by atoms with Gasteiger partial charge in [0.15, 0.2) is 0 Å². The molecule has 0 bridgehead atoms. The van der Waals surface area contributed by atoms with Gasteiger partial charge in [-0.25, -0.2) is 0 Å². The van der Waals surface area contributed by atoms with Crippen LogP contribution in [0.4, 0.5) is 0 Å². The van der Waals surface area contributed by atoms with E-state index in [1.807, 2.05) is 18.2 Å². The molecule has 0 aliphatic rings. The van der Waals surface area contributed by atoms with E-state index in [1.54, 1.807) is 20.1 Å². The third-order valence-electron chi connectivity index (χ3n) is 1.77. The van der Waals surface area contributed by atoms with Gasteiger partial charge in [-0.15, -0.1) is 0 Å². The Balaban J connectivity index is 3.12. The number of carbonyl (C=O) groups is 1. The molecule has 1 aromatic carbocycles. The number of benzene rings is 1. The van der Waals surface area contributed by atoms with Crippen LogP contribution in [-0.4, -0.2) is 13.4 Å². The van der Waals surface area contributed by atoms with E-state index in [4.69, 9.17) is 4.74 Å². The average Bonchev–Trinajstić information content (AvgIpc) is 2.21. The van der Waals surface area contributed by atoms with E-state index in [-0.39, 0.29) is 0 Å². The summed E-state index contributed by atoms with van der Waals surface area (Å²) in [5, 5.41) is 0. The van der Waals surface area contributed by atoms with Crippen molar-refractivity contribution in [1.29, 1.82) is 0 Å². The van der Waals surface area contributed by atoms with Crippen molar-refractivity contribution in [2.24, 2.45) is 0 Å². The highest BCUT2D eigenvalue weighted by molar-refractivity contribution is 9.10. The van der Waals surface area contributed by atoms with Crippen LogP contribution in [0.25, 0.3) is 6.08 Å². The van der Waals surface area contributed by atoms with Gasteiger partial charge in [0.2, 0.25) is 0 Å². The molecule has 0 radical (unpaired) electrons. The van der Waals surface area contributed by atoms with Crippen LogP contribution in [0.5, 0.6) is 5.75 Å². The SMILES string of the molecule is COc1ccc(Br)c(/C=C(/C)C=O)c1. The fraction of sp³-hybridized carbons (Fsp3) is 0.182. The van der Waals surface area contributed by atoms with Gasteiger partial charge in [-0.05, 0) is 42.3 Å². The maximum atomic E-state index is 10.5. The quantitative estimate of drug-likeness (QED) is 0.612. The number of rotatable bonds is 3. The second-order valence-electron chi connectivity index (χ2n) is 2.89. The topological polar surface area (TPSA) is 26.3 Å². The van der Waals surface area contributed by atoms with E-state index in [0.29, 0.717) is 5.57 Å². The van der Waals surface area contributed by atoms with Gasteiger partial charge in [0.25, 0.3) is 0 Å². The first-order chi connectivity index (χ1) is 6.67. The van der Waals surface area contributed by atoms with Crippen LogP contribution in [0.2, 0.25) is 0 Å². The van der Waals surface area contributed by atoms with Crippen molar-refractivity contribution < 1.29 is 9.53 Å². The van der Waals surface area contributed by atoms with Gasteiger partial charge in [0.1, 0.15) is 12.0 Å². The smallest absolute Gasteiger partial charge is 0.145 e. The number of hydrogen-bond acceptors (Lipinski definition) is 2. The fourth-order valence-corrected chi connectivity index (χ4v) is 1.40. The Kier molecular flexibility index (Phi) is 3.89. The van der Waals surface area contributed by atoms with Gasteiger partial charge in [-0.2, -0.15) is 0 Å². The number of halogens is 1. The average molecular weight is 255 g/mol. The molecule has 0 spiro atoms. The van der Waals surface area contributed by atoms with Crippen molar-refractivity contribution in [3.63, 3.8) is 0 Å². The standard InChI is InChI=1S/C11H11BrO2/c1-8(7-13)5-9-6-10(14-2)3-4-11(9)12/h3-7H,1-2H3/b8-5-. The molecule has 0 atom stereocenters.